The lowest BCUT2D eigenvalue weighted by atomic mass is 10.0. The molecule has 2 heterocycles. The fourth-order valence-corrected chi connectivity index (χ4v) is 2.73. The van der Waals surface area contributed by atoms with E-state index in [1.54, 1.807) is 32.2 Å². The minimum atomic E-state index is -4.71. The van der Waals surface area contributed by atoms with E-state index in [1.165, 1.54) is 12.3 Å². The summed E-state index contributed by atoms with van der Waals surface area (Å²) < 4.78 is 44.8. The van der Waals surface area contributed by atoms with Crippen LogP contribution in [0.25, 0.3) is 0 Å². The van der Waals surface area contributed by atoms with Crippen LogP contribution in [-0.2, 0) is 16.0 Å². The molecule has 0 aromatic carbocycles. The Labute approximate surface area is 184 Å². The Morgan fingerprint density at radius 2 is 1.84 bits per heavy atom. The number of ether oxygens (including phenoxy) is 2. The molecule has 0 spiro atoms. The molecule has 0 saturated heterocycles. The monoisotopic (exact) mass is 453 g/mol. The number of nitrogens with zero attached hydrogens (tertiary/aromatic N) is 2. The third-order valence-electron chi connectivity index (χ3n) is 4.59. The normalized spacial score (nSPS) is 12.5. The van der Waals surface area contributed by atoms with Crippen LogP contribution in [0.1, 0.15) is 54.1 Å². The maximum Gasteiger partial charge on any atom is 0.522 e. The molecule has 10 heteroatoms. The quantitative estimate of drug-likeness (QED) is 0.548. The second kappa shape index (κ2) is 11.0. The Bertz CT molecular complexity index is 948. The molecule has 0 aliphatic rings. The number of halogens is 3. The largest absolute Gasteiger partial charge is 0.522 e. The molecule has 174 valence electrons. The van der Waals surface area contributed by atoms with Crippen LogP contribution in [0.4, 0.5) is 13.2 Å². The summed E-state index contributed by atoms with van der Waals surface area (Å²) in [5.74, 6) is -0.174. The van der Waals surface area contributed by atoms with Crippen LogP contribution < -0.4 is 10.1 Å². The second-order valence-electron chi connectivity index (χ2n) is 7.55. The smallest absolute Gasteiger partial charge is 0.489 e. The highest BCUT2D eigenvalue weighted by Gasteiger charge is 2.28. The Balaban J connectivity index is 1.97. The Hall–Kier alpha value is -3.01. The molecule has 0 fully saturated rings. The molecular formula is C22H26F3N3O4. The maximum absolute atomic E-state index is 12.6. The van der Waals surface area contributed by atoms with E-state index in [2.05, 4.69) is 20.0 Å². The van der Waals surface area contributed by atoms with Crippen molar-refractivity contribution >= 4 is 11.7 Å². The maximum atomic E-state index is 12.6. The number of hydrogen-bond donors (Lipinski definition) is 1. The van der Waals surface area contributed by atoms with Crippen molar-refractivity contribution in [2.75, 3.05) is 13.2 Å². The van der Waals surface area contributed by atoms with Crippen LogP contribution in [0.15, 0.2) is 30.6 Å². The van der Waals surface area contributed by atoms with Gasteiger partial charge in [0.15, 0.2) is 0 Å². The minimum absolute atomic E-state index is 0.0818. The third kappa shape index (κ3) is 7.92. The molecule has 0 bridgehead atoms. The zero-order valence-electron chi connectivity index (χ0n) is 18.3. The lowest BCUT2D eigenvalue weighted by molar-refractivity contribution is -0.325. The Kier molecular flexibility index (Phi) is 8.71. The van der Waals surface area contributed by atoms with Gasteiger partial charge in [0, 0.05) is 24.2 Å². The zero-order chi connectivity index (χ0) is 23.9. The van der Waals surface area contributed by atoms with Gasteiger partial charge in [-0.2, -0.15) is 0 Å². The molecule has 7 nitrogen and oxygen atoms in total. The standard InChI is InChI=1S/C22H26F3N3O4/c1-13(2)19(29)11-17-10-16(5-6-26-17)15(4)28-21(30)18-9-14(3)20(12-27-18)31-7-8-32-22(23,24)25/h5-6,9-10,12-13,15H,7-8,11H2,1-4H3,(H,28,30). The van der Waals surface area contributed by atoms with Crippen molar-refractivity contribution in [2.45, 2.75) is 46.5 Å². The minimum Gasteiger partial charge on any atom is -0.489 e. The van der Waals surface area contributed by atoms with Crippen LogP contribution in [0.2, 0.25) is 0 Å². The van der Waals surface area contributed by atoms with Crippen molar-refractivity contribution in [3.63, 3.8) is 0 Å². The topological polar surface area (TPSA) is 90.4 Å². The van der Waals surface area contributed by atoms with Gasteiger partial charge in [-0.1, -0.05) is 13.8 Å². The summed E-state index contributed by atoms with van der Waals surface area (Å²) >= 11 is 0. The van der Waals surface area contributed by atoms with E-state index in [-0.39, 0.29) is 42.2 Å². The second-order valence-corrected chi connectivity index (χ2v) is 7.55. The summed E-state index contributed by atoms with van der Waals surface area (Å²) in [6, 6.07) is 4.66. The molecule has 0 aliphatic carbocycles. The van der Waals surface area contributed by atoms with Crippen LogP contribution in [-0.4, -0.2) is 41.2 Å². The van der Waals surface area contributed by atoms with E-state index in [0.717, 1.165) is 5.56 Å². The summed E-state index contributed by atoms with van der Waals surface area (Å²) in [6.45, 7) is 6.15. The molecule has 2 aromatic rings. The number of Topliss-reactive ketones (excluding diaryl/α,β-unsaturated/α-hetero) is 1. The van der Waals surface area contributed by atoms with Gasteiger partial charge < -0.3 is 10.1 Å². The van der Waals surface area contributed by atoms with Gasteiger partial charge in [-0.3, -0.25) is 19.3 Å². The number of alkyl halides is 3. The van der Waals surface area contributed by atoms with Crippen molar-refractivity contribution in [2.24, 2.45) is 5.92 Å². The molecule has 0 radical (unpaired) electrons. The zero-order valence-corrected chi connectivity index (χ0v) is 18.3. The number of aryl methyl sites for hydroxylation is 1. The highest BCUT2D eigenvalue weighted by atomic mass is 19.4. The van der Waals surface area contributed by atoms with Gasteiger partial charge in [-0.05, 0) is 43.2 Å². The lowest BCUT2D eigenvalue weighted by Gasteiger charge is -2.16. The first kappa shape index (κ1) is 25.3. The summed E-state index contributed by atoms with van der Waals surface area (Å²) in [5, 5.41) is 2.83. The van der Waals surface area contributed by atoms with Gasteiger partial charge >= 0.3 is 6.36 Å². The van der Waals surface area contributed by atoms with Crippen molar-refractivity contribution < 1.29 is 32.2 Å². The van der Waals surface area contributed by atoms with Crippen LogP contribution in [0.3, 0.4) is 0 Å². The van der Waals surface area contributed by atoms with Gasteiger partial charge in [0.2, 0.25) is 0 Å². The van der Waals surface area contributed by atoms with E-state index >= 15 is 0 Å². The predicted octanol–water partition coefficient (Wildman–Crippen LogP) is 3.96. The van der Waals surface area contributed by atoms with E-state index in [9.17, 15) is 22.8 Å². The van der Waals surface area contributed by atoms with Crippen molar-refractivity contribution in [1.29, 1.82) is 0 Å². The lowest BCUT2D eigenvalue weighted by Crippen LogP contribution is -2.27. The van der Waals surface area contributed by atoms with Crippen LogP contribution in [0.5, 0.6) is 5.75 Å². The fourth-order valence-electron chi connectivity index (χ4n) is 2.73. The van der Waals surface area contributed by atoms with E-state index in [1.807, 2.05) is 13.8 Å². The molecular weight excluding hydrogens is 427 g/mol. The van der Waals surface area contributed by atoms with E-state index < -0.39 is 18.9 Å². The SMILES string of the molecule is Cc1cc(C(=O)NC(C)c2ccnc(CC(=O)C(C)C)c2)ncc1OCCOC(F)(F)F. The third-order valence-corrected chi connectivity index (χ3v) is 4.59. The first-order valence-electron chi connectivity index (χ1n) is 10.0. The van der Waals surface area contributed by atoms with Crippen molar-refractivity contribution in [3.8, 4) is 5.75 Å². The number of aromatic nitrogens is 2. The highest BCUT2D eigenvalue weighted by molar-refractivity contribution is 5.92. The van der Waals surface area contributed by atoms with Crippen LogP contribution >= 0.6 is 0 Å². The molecule has 2 aromatic heterocycles. The summed E-state index contributed by atoms with van der Waals surface area (Å²) in [5.41, 5.74) is 2.11. The fraction of sp³-hybridized carbons (Fsp3) is 0.455. The molecule has 0 saturated carbocycles. The van der Waals surface area contributed by atoms with E-state index in [0.29, 0.717) is 11.3 Å². The number of hydrogen-bond acceptors (Lipinski definition) is 6. The molecule has 1 atom stereocenters. The molecule has 0 aliphatic heterocycles. The van der Waals surface area contributed by atoms with Crippen molar-refractivity contribution in [3.05, 3.63) is 53.1 Å². The average Bonchev–Trinajstić information content (AvgIpc) is 2.71. The number of carbonyl (C=O) groups excluding carboxylic acids is 2. The summed E-state index contributed by atoms with van der Waals surface area (Å²) in [7, 11) is 0. The highest BCUT2D eigenvalue weighted by Crippen LogP contribution is 2.20. The molecule has 32 heavy (non-hydrogen) atoms. The number of pyridine rings is 2. The average molecular weight is 453 g/mol. The first-order valence-corrected chi connectivity index (χ1v) is 10.0. The van der Waals surface area contributed by atoms with Gasteiger partial charge in [0.05, 0.1) is 18.8 Å². The Morgan fingerprint density at radius 1 is 1.12 bits per heavy atom. The molecule has 1 unspecified atom stereocenters. The van der Waals surface area contributed by atoms with Gasteiger partial charge in [-0.15, -0.1) is 13.2 Å². The van der Waals surface area contributed by atoms with E-state index in [4.69, 9.17) is 4.74 Å². The number of ketones is 1. The number of amides is 1. The van der Waals surface area contributed by atoms with Gasteiger partial charge in [0.1, 0.15) is 23.8 Å². The van der Waals surface area contributed by atoms with Gasteiger partial charge in [-0.25, -0.2) is 4.98 Å². The van der Waals surface area contributed by atoms with Crippen LogP contribution in [0, 0.1) is 12.8 Å². The number of carbonyl (C=O) groups is 2. The predicted molar refractivity (Wildman–Crippen MR) is 110 cm³/mol. The number of rotatable bonds is 10. The Morgan fingerprint density at radius 3 is 2.47 bits per heavy atom. The number of nitrogens with one attached hydrogen (secondary N) is 1. The first-order chi connectivity index (χ1) is 15.0. The molecule has 1 amide bonds. The summed E-state index contributed by atoms with van der Waals surface area (Å²) in [6.07, 6.45) is -1.61. The molecule has 1 N–H and O–H groups in total. The van der Waals surface area contributed by atoms with Gasteiger partial charge in [0.25, 0.3) is 5.91 Å². The van der Waals surface area contributed by atoms with Crippen molar-refractivity contribution in [1.82, 2.24) is 15.3 Å². The summed E-state index contributed by atoms with van der Waals surface area (Å²) in [4.78, 5) is 32.8. The molecule has 2 rings (SSSR count).